The average molecular weight is 392 g/mol. The van der Waals surface area contributed by atoms with Crippen molar-refractivity contribution in [1.29, 1.82) is 0 Å². The van der Waals surface area contributed by atoms with Crippen LogP contribution in [0.5, 0.6) is 0 Å². The molecule has 4 aromatic rings. The molecule has 5 rings (SSSR count). The molecule has 0 N–H and O–H groups in total. The number of rotatable bonds is 3. The predicted octanol–water partition coefficient (Wildman–Crippen LogP) is 5.40. The Balaban J connectivity index is 1.43. The molecule has 0 saturated carbocycles. The highest BCUT2D eigenvalue weighted by atomic mass is 32.1. The van der Waals surface area contributed by atoms with Crippen LogP contribution in [0.4, 0.5) is 0 Å². The van der Waals surface area contributed by atoms with Gasteiger partial charge in [-0.3, -0.25) is 4.79 Å². The van der Waals surface area contributed by atoms with Gasteiger partial charge in [0.15, 0.2) is 0 Å². The summed E-state index contributed by atoms with van der Waals surface area (Å²) in [6.45, 7) is 0.762. The molecular weight excluding hydrogens is 374 g/mol. The molecule has 3 heterocycles. The van der Waals surface area contributed by atoms with Crippen LogP contribution in [0, 0.1) is 0 Å². The number of thiazole rings is 2. The lowest BCUT2D eigenvalue weighted by molar-refractivity contribution is 0.0730. The quantitative estimate of drug-likeness (QED) is 0.470. The predicted molar refractivity (Wildman–Crippen MR) is 110 cm³/mol. The van der Waals surface area contributed by atoms with Gasteiger partial charge in [-0.05, 0) is 25.0 Å². The van der Waals surface area contributed by atoms with E-state index in [1.807, 2.05) is 58.8 Å². The lowest BCUT2D eigenvalue weighted by Gasteiger charge is -2.22. The Morgan fingerprint density at radius 3 is 2.70 bits per heavy atom. The van der Waals surface area contributed by atoms with E-state index in [0.29, 0.717) is 5.69 Å². The van der Waals surface area contributed by atoms with Crippen LogP contribution >= 0.6 is 22.7 Å². The number of nitrogens with zero attached hydrogens (tertiary/aromatic N) is 3. The summed E-state index contributed by atoms with van der Waals surface area (Å²) in [6, 6.07) is 18.2. The maximum absolute atomic E-state index is 13.1. The van der Waals surface area contributed by atoms with Crippen LogP contribution in [0.25, 0.3) is 20.8 Å². The minimum Gasteiger partial charge on any atom is -0.328 e. The van der Waals surface area contributed by atoms with Crippen molar-refractivity contribution in [2.45, 2.75) is 18.9 Å². The molecule has 0 bridgehead atoms. The highest BCUT2D eigenvalue weighted by Crippen LogP contribution is 2.37. The number of para-hydroxylation sites is 1. The van der Waals surface area contributed by atoms with E-state index >= 15 is 0 Å². The van der Waals surface area contributed by atoms with Gasteiger partial charge in [0.2, 0.25) is 0 Å². The van der Waals surface area contributed by atoms with E-state index in [0.717, 1.165) is 40.5 Å². The zero-order valence-electron chi connectivity index (χ0n) is 14.5. The smallest absolute Gasteiger partial charge is 0.273 e. The van der Waals surface area contributed by atoms with Crippen LogP contribution in [0.3, 0.4) is 0 Å². The number of amides is 1. The van der Waals surface area contributed by atoms with Gasteiger partial charge >= 0.3 is 0 Å². The fraction of sp³-hybridized carbons (Fsp3) is 0.190. The van der Waals surface area contributed by atoms with Gasteiger partial charge in [0.25, 0.3) is 5.91 Å². The van der Waals surface area contributed by atoms with Crippen molar-refractivity contribution in [2.24, 2.45) is 0 Å². The third kappa shape index (κ3) is 3.05. The molecule has 4 nitrogen and oxygen atoms in total. The van der Waals surface area contributed by atoms with Gasteiger partial charge in [0, 0.05) is 17.5 Å². The van der Waals surface area contributed by atoms with Gasteiger partial charge in [-0.15, -0.1) is 22.7 Å². The minimum atomic E-state index is 0.00943. The van der Waals surface area contributed by atoms with Gasteiger partial charge < -0.3 is 4.90 Å². The molecular formula is C21H17N3OS2. The van der Waals surface area contributed by atoms with Crippen molar-refractivity contribution < 1.29 is 4.79 Å². The number of hydrogen-bond acceptors (Lipinski definition) is 5. The molecule has 2 aromatic carbocycles. The first-order valence-electron chi connectivity index (χ1n) is 8.97. The fourth-order valence-electron chi connectivity index (χ4n) is 3.53. The van der Waals surface area contributed by atoms with Crippen LogP contribution in [-0.2, 0) is 0 Å². The molecule has 0 radical (unpaired) electrons. The lowest BCUT2D eigenvalue weighted by Crippen LogP contribution is -2.30. The van der Waals surface area contributed by atoms with Gasteiger partial charge in [0.05, 0.1) is 16.3 Å². The fourth-order valence-corrected chi connectivity index (χ4v) is 5.45. The SMILES string of the molecule is O=C(c1csc(-c2ccccc2)n1)N1CCC[C@H]1c1nc2ccccc2s1. The first-order valence-corrected chi connectivity index (χ1v) is 10.7. The van der Waals surface area contributed by atoms with Crippen molar-refractivity contribution in [3.05, 3.63) is 70.7 Å². The maximum Gasteiger partial charge on any atom is 0.273 e. The highest BCUT2D eigenvalue weighted by Gasteiger charge is 2.33. The summed E-state index contributed by atoms with van der Waals surface area (Å²) < 4.78 is 1.17. The van der Waals surface area contributed by atoms with E-state index in [2.05, 4.69) is 11.1 Å². The lowest BCUT2D eigenvalue weighted by atomic mass is 10.2. The van der Waals surface area contributed by atoms with Crippen LogP contribution in [0.1, 0.15) is 34.4 Å². The van der Waals surface area contributed by atoms with Gasteiger partial charge in [-0.2, -0.15) is 0 Å². The van der Waals surface area contributed by atoms with E-state index in [-0.39, 0.29) is 11.9 Å². The molecule has 27 heavy (non-hydrogen) atoms. The first kappa shape index (κ1) is 16.6. The van der Waals surface area contributed by atoms with Crippen LogP contribution in [0.2, 0.25) is 0 Å². The van der Waals surface area contributed by atoms with Crippen LogP contribution in [0.15, 0.2) is 60.0 Å². The van der Waals surface area contributed by atoms with E-state index in [4.69, 9.17) is 4.98 Å². The Hall–Kier alpha value is -2.57. The highest BCUT2D eigenvalue weighted by molar-refractivity contribution is 7.18. The third-order valence-corrected chi connectivity index (χ3v) is 6.88. The molecule has 1 atom stereocenters. The average Bonchev–Trinajstić information content (AvgIpc) is 3.46. The second kappa shape index (κ2) is 6.87. The summed E-state index contributed by atoms with van der Waals surface area (Å²) in [5.74, 6) is 0.00943. The van der Waals surface area contributed by atoms with E-state index < -0.39 is 0 Å². The van der Waals surface area contributed by atoms with Gasteiger partial charge in [0.1, 0.15) is 15.7 Å². The molecule has 134 valence electrons. The van der Waals surface area contributed by atoms with Crippen LogP contribution in [-0.4, -0.2) is 27.3 Å². The second-order valence-electron chi connectivity index (χ2n) is 6.58. The summed E-state index contributed by atoms with van der Waals surface area (Å²) in [5.41, 5.74) is 2.59. The largest absolute Gasteiger partial charge is 0.328 e. The molecule has 1 aliphatic heterocycles. The Kier molecular flexibility index (Phi) is 4.22. The number of likely N-dealkylation sites (tertiary alicyclic amines) is 1. The number of hydrogen-bond donors (Lipinski definition) is 0. The monoisotopic (exact) mass is 391 g/mol. The summed E-state index contributed by atoms with van der Waals surface area (Å²) in [7, 11) is 0. The Morgan fingerprint density at radius 1 is 1.04 bits per heavy atom. The second-order valence-corrected chi connectivity index (χ2v) is 8.50. The number of aromatic nitrogens is 2. The molecule has 2 aromatic heterocycles. The summed E-state index contributed by atoms with van der Waals surface area (Å²) in [4.78, 5) is 24.5. The van der Waals surface area contributed by atoms with Crippen molar-refractivity contribution in [1.82, 2.24) is 14.9 Å². The van der Waals surface area contributed by atoms with Crippen molar-refractivity contribution in [3.63, 3.8) is 0 Å². The normalized spacial score (nSPS) is 16.9. The zero-order chi connectivity index (χ0) is 18.2. The molecule has 1 aliphatic rings. The number of carbonyl (C=O) groups is 1. The summed E-state index contributed by atoms with van der Waals surface area (Å²) >= 11 is 3.21. The van der Waals surface area contributed by atoms with Crippen molar-refractivity contribution >= 4 is 38.8 Å². The molecule has 1 fully saturated rings. The molecule has 0 spiro atoms. The van der Waals surface area contributed by atoms with Gasteiger partial charge in [-0.25, -0.2) is 9.97 Å². The van der Waals surface area contributed by atoms with E-state index in [1.54, 1.807) is 11.3 Å². The molecule has 1 saturated heterocycles. The topological polar surface area (TPSA) is 46.1 Å². The summed E-state index contributed by atoms with van der Waals surface area (Å²) in [5, 5.41) is 3.79. The Morgan fingerprint density at radius 2 is 1.85 bits per heavy atom. The van der Waals surface area contributed by atoms with E-state index in [9.17, 15) is 4.79 Å². The Bertz CT molecular complexity index is 1070. The van der Waals surface area contributed by atoms with Gasteiger partial charge in [-0.1, -0.05) is 42.5 Å². The maximum atomic E-state index is 13.1. The molecule has 0 aliphatic carbocycles. The minimum absolute atomic E-state index is 0.00943. The standard InChI is InChI=1S/C21H17N3OS2/c25-21(16-13-26-19(23-16)14-7-2-1-3-8-14)24-12-6-10-17(24)20-22-15-9-4-5-11-18(15)27-20/h1-5,7-9,11,13,17H,6,10,12H2/t17-/m0/s1. The van der Waals surface area contributed by atoms with E-state index in [1.165, 1.54) is 16.0 Å². The Labute approximate surface area is 165 Å². The van der Waals surface area contributed by atoms with Crippen LogP contribution < -0.4 is 0 Å². The zero-order valence-corrected chi connectivity index (χ0v) is 16.2. The molecule has 6 heteroatoms. The van der Waals surface area contributed by atoms with Crippen molar-refractivity contribution in [3.8, 4) is 10.6 Å². The summed E-state index contributed by atoms with van der Waals surface area (Å²) in [6.07, 6.45) is 1.96. The number of carbonyl (C=O) groups excluding carboxylic acids is 1. The first-order chi connectivity index (χ1) is 13.3. The third-order valence-electron chi connectivity index (χ3n) is 4.85. The number of benzene rings is 2. The molecule has 1 amide bonds. The van der Waals surface area contributed by atoms with Crippen molar-refractivity contribution in [2.75, 3.05) is 6.54 Å². The number of fused-ring (bicyclic) bond motifs is 1. The molecule has 0 unspecified atom stereocenters.